The summed E-state index contributed by atoms with van der Waals surface area (Å²) in [5, 5.41) is 3.08. The molecule has 3 aromatic rings. The summed E-state index contributed by atoms with van der Waals surface area (Å²) < 4.78 is 42.8. The zero-order valence-electron chi connectivity index (χ0n) is 21.1. The fourth-order valence-electron chi connectivity index (χ4n) is 3.73. The molecule has 0 aromatic heterocycles. The maximum atomic E-state index is 14.5. The van der Waals surface area contributed by atoms with E-state index < -0.39 is 40.2 Å². The molecular weight excluding hydrogens is 552 g/mol. The number of anilines is 1. The van der Waals surface area contributed by atoms with Crippen LogP contribution in [0, 0.1) is 5.82 Å². The molecule has 3 aromatic carbocycles. The molecule has 0 aliphatic rings. The minimum absolute atomic E-state index is 0.0600. The van der Waals surface area contributed by atoms with Gasteiger partial charge < -0.3 is 10.2 Å². The summed E-state index contributed by atoms with van der Waals surface area (Å²) in [6.07, 6.45) is 0. The number of sulfonamides is 1. The van der Waals surface area contributed by atoms with Gasteiger partial charge in [-0.05, 0) is 57.2 Å². The fraction of sp³-hybridized carbons (Fsp3) is 0.259. The molecule has 1 unspecified atom stereocenters. The van der Waals surface area contributed by atoms with Gasteiger partial charge >= 0.3 is 0 Å². The lowest BCUT2D eigenvalue weighted by molar-refractivity contribution is -0.139. The van der Waals surface area contributed by atoms with Crippen molar-refractivity contribution in [1.29, 1.82) is 0 Å². The first-order valence-electron chi connectivity index (χ1n) is 11.8. The Balaban J connectivity index is 2.07. The monoisotopic (exact) mass is 579 g/mol. The minimum atomic E-state index is -4.27. The molecule has 0 radical (unpaired) electrons. The third-order valence-corrected chi connectivity index (χ3v) is 7.87. The second-order valence-electron chi connectivity index (χ2n) is 8.90. The normalized spacial score (nSPS) is 12.2. The molecule has 0 bridgehead atoms. The predicted octanol–water partition coefficient (Wildman–Crippen LogP) is 5.27. The molecule has 3 rings (SSSR count). The van der Waals surface area contributed by atoms with Crippen LogP contribution >= 0.6 is 23.2 Å². The standard InChI is InChI=1S/C27H28Cl2FN3O4S/c1-18(2)31-27(35)19(3)32(16-20-9-7-8-12-25(20)30)26(34)17-33(23-14-21(28)13-22(29)15-23)38(36,37)24-10-5-4-6-11-24/h4-15,18-19H,16-17H2,1-3H3,(H,31,35). The van der Waals surface area contributed by atoms with E-state index in [1.54, 1.807) is 38.1 Å². The highest BCUT2D eigenvalue weighted by atomic mass is 35.5. The van der Waals surface area contributed by atoms with Crippen LogP contribution in [0.2, 0.25) is 10.0 Å². The van der Waals surface area contributed by atoms with Crippen molar-refractivity contribution in [3.05, 3.63) is 94.2 Å². The lowest BCUT2D eigenvalue weighted by atomic mass is 10.1. The molecule has 0 saturated heterocycles. The highest BCUT2D eigenvalue weighted by molar-refractivity contribution is 7.92. The summed E-state index contributed by atoms with van der Waals surface area (Å²) in [4.78, 5) is 27.7. The van der Waals surface area contributed by atoms with Crippen molar-refractivity contribution < 1.29 is 22.4 Å². The Morgan fingerprint density at radius 3 is 2.08 bits per heavy atom. The van der Waals surface area contributed by atoms with Crippen molar-refractivity contribution in [3.63, 3.8) is 0 Å². The molecule has 7 nitrogen and oxygen atoms in total. The molecule has 0 aliphatic carbocycles. The van der Waals surface area contributed by atoms with Crippen LogP contribution in [0.3, 0.4) is 0 Å². The van der Waals surface area contributed by atoms with Crippen molar-refractivity contribution in [1.82, 2.24) is 10.2 Å². The van der Waals surface area contributed by atoms with Crippen LogP contribution in [0.15, 0.2) is 77.7 Å². The van der Waals surface area contributed by atoms with E-state index in [4.69, 9.17) is 23.2 Å². The molecule has 2 amide bonds. The number of hydrogen-bond donors (Lipinski definition) is 1. The lowest BCUT2D eigenvalue weighted by Crippen LogP contribution is -2.52. The fourth-order valence-corrected chi connectivity index (χ4v) is 5.66. The number of hydrogen-bond acceptors (Lipinski definition) is 4. The molecule has 202 valence electrons. The zero-order chi connectivity index (χ0) is 28.0. The summed E-state index contributed by atoms with van der Waals surface area (Å²) in [5.41, 5.74) is 0.234. The number of carbonyl (C=O) groups excluding carboxylic acids is 2. The molecule has 0 fully saturated rings. The largest absolute Gasteiger partial charge is 0.352 e. The van der Waals surface area contributed by atoms with Crippen molar-refractivity contribution >= 4 is 50.7 Å². The zero-order valence-corrected chi connectivity index (χ0v) is 23.4. The first-order valence-corrected chi connectivity index (χ1v) is 14.0. The van der Waals surface area contributed by atoms with Gasteiger partial charge in [0.2, 0.25) is 11.8 Å². The Morgan fingerprint density at radius 2 is 1.50 bits per heavy atom. The third-order valence-electron chi connectivity index (χ3n) is 5.64. The second-order valence-corrected chi connectivity index (χ2v) is 11.6. The van der Waals surface area contributed by atoms with E-state index >= 15 is 0 Å². The molecule has 1 N–H and O–H groups in total. The first kappa shape index (κ1) is 29.4. The van der Waals surface area contributed by atoms with Crippen molar-refractivity contribution in [2.75, 3.05) is 10.8 Å². The van der Waals surface area contributed by atoms with E-state index in [-0.39, 0.29) is 38.8 Å². The first-order chi connectivity index (χ1) is 17.9. The molecule has 11 heteroatoms. The average molecular weight is 581 g/mol. The van der Waals surface area contributed by atoms with Crippen LogP contribution in [0.5, 0.6) is 0 Å². The number of carbonyl (C=O) groups is 2. The Kier molecular flexibility index (Phi) is 9.76. The summed E-state index contributed by atoms with van der Waals surface area (Å²) in [5.74, 6) is -1.75. The van der Waals surface area contributed by atoms with Crippen LogP contribution in [0.25, 0.3) is 0 Å². The van der Waals surface area contributed by atoms with Crippen LogP contribution in [-0.4, -0.2) is 43.8 Å². The number of benzene rings is 3. The number of halogens is 3. The van der Waals surface area contributed by atoms with Gasteiger partial charge in [-0.15, -0.1) is 0 Å². The van der Waals surface area contributed by atoms with E-state index in [2.05, 4.69) is 5.32 Å². The highest BCUT2D eigenvalue weighted by Crippen LogP contribution is 2.30. The van der Waals surface area contributed by atoms with Gasteiger partial charge in [-0.1, -0.05) is 59.6 Å². The van der Waals surface area contributed by atoms with E-state index in [0.29, 0.717) is 0 Å². The third kappa shape index (κ3) is 7.24. The number of rotatable bonds is 10. The van der Waals surface area contributed by atoms with Crippen LogP contribution in [0.4, 0.5) is 10.1 Å². The van der Waals surface area contributed by atoms with Gasteiger partial charge in [0.15, 0.2) is 0 Å². The summed E-state index contributed by atoms with van der Waals surface area (Å²) in [6.45, 7) is 4.09. The molecular formula is C27H28Cl2FN3O4S. The van der Waals surface area contributed by atoms with Gasteiger partial charge in [0.05, 0.1) is 10.6 Å². The van der Waals surface area contributed by atoms with E-state index in [0.717, 1.165) is 9.21 Å². The quantitative estimate of drug-likeness (QED) is 0.354. The van der Waals surface area contributed by atoms with Crippen molar-refractivity contribution in [3.8, 4) is 0 Å². The van der Waals surface area contributed by atoms with Gasteiger partial charge in [-0.3, -0.25) is 13.9 Å². The van der Waals surface area contributed by atoms with Gasteiger partial charge in [0, 0.05) is 28.2 Å². The molecule has 1 atom stereocenters. The molecule has 0 spiro atoms. The Labute approximate surface area is 232 Å². The van der Waals surface area contributed by atoms with E-state index in [9.17, 15) is 22.4 Å². The molecule has 0 saturated carbocycles. The average Bonchev–Trinajstić information content (AvgIpc) is 2.85. The highest BCUT2D eigenvalue weighted by Gasteiger charge is 2.33. The maximum absolute atomic E-state index is 14.5. The maximum Gasteiger partial charge on any atom is 0.264 e. The molecule has 38 heavy (non-hydrogen) atoms. The van der Waals surface area contributed by atoms with Crippen molar-refractivity contribution in [2.24, 2.45) is 0 Å². The minimum Gasteiger partial charge on any atom is -0.352 e. The molecule has 0 aliphatic heterocycles. The van der Waals surface area contributed by atoms with Gasteiger partial charge in [0.1, 0.15) is 18.4 Å². The Bertz CT molecular complexity index is 1380. The smallest absolute Gasteiger partial charge is 0.264 e. The van der Waals surface area contributed by atoms with E-state index in [1.807, 2.05) is 0 Å². The van der Waals surface area contributed by atoms with Gasteiger partial charge in [0.25, 0.3) is 10.0 Å². The summed E-state index contributed by atoms with van der Waals surface area (Å²) >= 11 is 12.3. The second kappa shape index (κ2) is 12.6. The van der Waals surface area contributed by atoms with E-state index in [1.165, 1.54) is 55.5 Å². The lowest BCUT2D eigenvalue weighted by Gasteiger charge is -2.32. The SMILES string of the molecule is CC(C)NC(=O)C(C)N(Cc1ccccc1F)C(=O)CN(c1cc(Cl)cc(Cl)c1)S(=O)(=O)c1ccccc1. The summed E-state index contributed by atoms with van der Waals surface area (Å²) in [6, 6.07) is 16.4. The van der Waals surface area contributed by atoms with Crippen molar-refractivity contribution in [2.45, 2.75) is 44.3 Å². The van der Waals surface area contributed by atoms with Crippen LogP contribution < -0.4 is 9.62 Å². The Morgan fingerprint density at radius 1 is 0.921 bits per heavy atom. The number of nitrogens with one attached hydrogen (secondary N) is 1. The molecule has 0 heterocycles. The van der Waals surface area contributed by atoms with Crippen LogP contribution in [-0.2, 0) is 26.2 Å². The van der Waals surface area contributed by atoms with Crippen LogP contribution in [0.1, 0.15) is 26.3 Å². The van der Waals surface area contributed by atoms with Gasteiger partial charge in [-0.25, -0.2) is 12.8 Å². The Hall–Kier alpha value is -3.14. The number of nitrogens with zero attached hydrogens (tertiary/aromatic N) is 2. The summed E-state index contributed by atoms with van der Waals surface area (Å²) in [7, 11) is -4.27. The topological polar surface area (TPSA) is 86.8 Å². The number of amides is 2. The van der Waals surface area contributed by atoms with Gasteiger partial charge in [-0.2, -0.15) is 0 Å². The predicted molar refractivity (Wildman–Crippen MR) is 147 cm³/mol.